The Morgan fingerprint density at radius 1 is 1.10 bits per heavy atom. The van der Waals surface area contributed by atoms with Crippen molar-refractivity contribution < 1.29 is 19.0 Å². The van der Waals surface area contributed by atoms with Crippen molar-refractivity contribution in [1.82, 2.24) is 10.2 Å². The number of likely N-dealkylation sites (tertiary alicyclic amines) is 1. The quantitative estimate of drug-likeness (QED) is 0.605. The lowest BCUT2D eigenvalue weighted by Crippen LogP contribution is -2.44. The van der Waals surface area contributed by atoms with Gasteiger partial charge in [0.1, 0.15) is 18.1 Å². The van der Waals surface area contributed by atoms with Gasteiger partial charge in [0.2, 0.25) is 0 Å². The summed E-state index contributed by atoms with van der Waals surface area (Å²) in [5.41, 5.74) is 1.82. The number of amides is 1. The van der Waals surface area contributed by atoms with Crippen molar-refractivity contribution in [2.45, 2.75) is 32.4 Å². The molecule has 0 unspecified atom stereocenters. The summed E-state index contributed by atoms with van der Waals surface area (Å²) in [6.07, 6.45) is 1.87. The van der Waals surface area contributed by atoms with Gasteiger partial charge in [-0.15, -0.1) is 0 Å². The van der Waals surface area contributed by atoms with Crippen LogP contribution in [0.4, 0.5) is 0 Å². The number of piperidine rings is 1. The summed E-state index contributed by atoms with van der Waals surface area (Å²) in [6.45, 7) is 6.35. The fraction of sp³-hybridized carbons (Fsp3) is 0.458. The number of benzene rings is 2. The predicted molar refractivity (Wildman–Crippen MR) is 117 cm³/mol. The molecule has 0 spiro atoms. The zero-order chi connectivity index (χ0) is 21.2. The van der Waals surface area contributed by atoms with E-state index in [2.05, 4.69) is 22.3 Å². The van der Waals surface area contributed by atoms with Crippen molar-refractivity contribution in [3.8, 4) is 11.5 Å². The zero-order valence-corrected chi connectivity index (χ0v) is 17.9. The largest absolute Gasteiger partial charge is 0.497 e. The van der Waals surface area contributed by atoms with Crippen LogP contribution in [0.25, 0.3) is 0 Å². The van der Waals surface area contributed by atoms with Crippen LogP contribution in [-0.2, 0) is 11.3 Å². The van der Waals surface area contributed by atoms with Crippen LogP contribution in [-0.4, -0.2) is 56.9 Å². The molecule has 6 heteroatoms. The molecule has 1 heterocycles. The topological polar surface area (TPSA) is 60.0 Å². The molecule has 2 aromatic rings. The highest BCUT2D eigenvalue weighted by Crippen LogP contribution is 2.20. The molecule has 0 radical (unpaired) electrons. The van der Waals surface area contributed by atoms with Crippen LogP contribution in [0.2, 0.25) is 0 Å². The third-order valence-electron chi connectivity index (χ3n) is 5.28. The molecule has 3 rings (SSSR count). The van der Waals surface area contributed by atoms with E-state index < -0.39 is 0 Å². The molecule has 0 atom stereocenters. The molecular formula is C24H32N2O4. The summed E-state index contributed by atoms with van der Waals surface area (Å²) in [4.78, 5) is 15.2. The van der Waals surface area contributed by atoms with Crippen LogP contribution in [0.15, 0.2) is 48.5 Å². The first-order valence-corrected chi connectivity index (χ1v) is 10.6. The maximum Gasteiger partial charge on any atom is 0.255 e. The smallest absolute Gasteiger partial charge is 0.255 e. The molecule has 1 saturated heterocycles. The Kier molecular flexibility index (Phi) is 8.53. The molecule has 2 aromatic carbocycles. The summed E-state index contributed by atoms with van der Waals surface area (Å²) in [6, 6.07) is 15.7. The maximum atomic E-state index is 12.8. The summed E-state index contributed by atoms with van der Waals surface area (Å²) < 4.78 is 16.4. The Bertz CT molecular complexity index is 803. The molecule has 30 heavy (non-hydrogen) atoms. The molecule has 162 valence electrons. The van der Waals surface area contributed by atoms with Crippen molar-refractivity contribution in [1.29, 1.82) is 0 Å². The SMILES string of the molecule is CCOCCOc1ccccc1C(=O)NC1CCN(Cc2cccc(OC)c2)CC1. The molecule has 0 saturated carbocycles. The number of rotatable bonds is 10. The zero-order valence-electron chi connectivity index (χ0n) is 17.9. The van der Waals surface area contributed by atoms with Gasteiger partial charge in [0, 0.05) is 32.3 Å². The fourth-order valence-electron chi connectivity index (χ4n) is 3.66. The number of hydrogen-bond acceptors (Lipinski definition) is 5. The first kappa shape index (κ1) is 22.1. The minimum atomic E-state index is -0.0757. The van der Waals surface area contributed by atoms with Gasteiger partial charge in [0.25, 0.3) is 5.91 Å². The standard InChI is InChI=1S/C24H32N2O4/c1-3-29-15-16-30-23-10-5-4-9-22(23)24(27)25-20-11-13-26(14-12-20)18-19-7-6-8-21(17-19)28-2/h4-10,17,20H,3,11-16,18H2,1-2H3,(H,25,27). The molecule has 0 aliphatic carbocycles. The van der Waals surface area contributed by atoms with Gasteiger partial charge < -0.3 is 19.5 Å². The molecule has 6 nitrogen and oxygen atoms in total. The van der Waals surface area contributed by atoms with E-state index >= 15 is 0 Å². The second-order valence-corrected chi connectivity index (χ2v) is 7.42. The number of carbonyl (C=O) groups excluding carboxylic acids is 1. The van der Waals surface area contributed by atoms with Gasteiger partial charge in [0.05, 0.1) is 19.3 Å². The first-order valence-electron chi connectivity index (χ1n) is 10.6. The average Bonchev–Trinajstić information content (AvgIpc) is 2.78. The van der Waals surface area contributed by atoms with E-state index in [0.717, 1.165) is 38.2 Å². The van der Waals surface area contributed by atoms with Gasteiger partial charge >= 0.3 is 0 Å². The van der Waals surface area contributed by atoms with Crippen molar-refractivity contribution in [3.63, 3.8) is 0 Å². The van der Waals surface area contributed by atoms with Gasteiger partial charge in [-0.1, -0.05) is 24.3 Å². The molecule has 1 fully saturated rings. The highest BCUT2D eigenvalue weighted by Gasteiger charge is 2.22. The Balaban J connectivity index is 1.48. The lowest BCUT2D eigenvalue weighted by Gasteiger charge is -2.32. The number of methoxy groups -OCH3 is 1. The van der Waals surface area contributed by atoms with Crippen molar-refractivity contribution in [3.05, 3.63) is 59.7 Å². The summed E-state index contributed by atoms with van der Waals surface area (Å²) in [7, 11) is 1.69. The number of nitrogens with zero attached hydrogens (tertiary/aromatic N) is 1. The molecule has 1 aliphatic heterocycles. The van der Waals surface area contributed by atoms with Gasteiger partial charge in [-0.25, -0.2) is 0 Å². The Labute approximate surface area is 179 Å². The minimum Gasteiger partial charge on any atom is -0.497 e. The third-order valence-corrected chi connectivity index (χ3v) is 5.28. The lowest BCUT2D eigenvalue weighted by atomic mass is 10.0. The average molecular weight is 413 g/mol. The van der Waals surface area contributed by atoms with Gasteiger partial charge in [-0.2, -0.15) is 0 Å². The van der Waals surface area contributed by atoms with E-state index in [4.69, 9.17) is 14.2 Å². The summed E-state index contributed by atoms with van der Waals surface area (Å²) in [5.74, 6) is 1.41. The third kappa shape index (κ3) is 6.47. The molecule has 1 amide bonds. The van der Waals surface area contributed by atoms with Crippen molar-refractivity contribution in [2.75, 3.05) is 40.0 Å². The van der Waals surface area contributed by atoms with E-state index in [9.17, 15) is 4.79 Å². The molecule has 0 bridgehead atoms. The maximum absolute atomic E-state index is 12.8. The monoisotopic (exact) mass is 412 g/mol. The lowest BCUT2D eigenvalue weighted by molar-refractivity contribution is 0.0894. The van der Waals surface area contributed by atoms with Gasteiger partial charge in [0.15, 0.2) is 0 Å². The van der Waals surface area contributed by atoms with E-state index in [1.807, 2.05) is 43.3 Å². The Morgan fingerprint density at radius 2 is 1.90 bits per heavy atom. The Morgan fingerprint density at radius 3 is 2.67 bits per heavy atom. The second kappa shape index (κ2) is 11.6. The van der Waals surface area contributed by atoms with Crippen LogP contribution >= 0.6 is 0 Å². The number of ether oxygens (including phenoxy) is 3. The van der Waals surface area contributed by atoms with Crippen LogP contribution in [0.1, 0.15) is 35.7 Å². The second-order valence-electron chi connectivity index (χ2n) is 7.42. The normalized spacial score (nSPS) is 15.0. The highest BCUT2D eigenvalue weighted by molar-refractivity contribution is 5.97. The van der Waals surface area contributed by atoms with Gasteiger partial charge in [-0.05, 0) is 49.6 Å². The fourth-order valence-corrected chi connectivity index (χ4v) is 3.66. The van der Waals surface area contributed by atoms with Crippen LogP contribution < -0.4 is 14.8 Å². The molecule has 1 aliphatic rings. The summed E-state index contributed by atoms with van der Waals surface area (Å²) in [5, 5.41) is 3.18. The number of hydrogen-bond donors (Lipinski definition) is 1. The summed E-state index contributed by atoms with van der Waals surface area (Å²) >= 11 is 0. The van der Waals surface area contributed by atoms with Crippen LogP contribution in [0.5, 0.6) is 11.5 Å². The Hall–Kier alpha value is -2.57. The number of para-hydroxylation sites is 1. The minimum absolute atomic E-state index is 0.0757. The molecule has 1 N–H and O–H groups in total. The molecule has 0 aromatic heterocycles. The van der Waals surface area contributed by atoms with E-state index in [1.54, 1.807) is 7.11 Å². The van der Waals surface area contributed by atoms with E-state index in [1.165, 1.54) is 5.56 Å². The van der Waals surface area contributed by atoms with Crippen LogP contribution in [0, 0.1) is 0 Å². The van der Waals surface area contributed by atoms with Crippen molar-refractivity contribution >= 4 is 5.91 Å². The number of nitrogens with one attached hydrogen (secondary N) is 1. The van der Waals surface area contributed by atoms with Crippen molar-refractivity contribution in [2.24, 2.45) is 0 Å². The van der Waals surface area contributed by atoms with Crippen LogP contribution in [0.3, 0.4) is 0 Å². The predicted octanol–water partition coefficient (Wildman–Crippen LogP) is 3.50. The number of carbonyl (C=O) groups is 1. The highest BCUT2D eigenvalue weighted by atomic mass is 16.5. The first-order chi connectivity index (χ1) is 14.7. The van der Waals surface area contributed by atoms with E-state index in [0.29, 0.717) is 31.1 Å². The van der Waals surface area contributed by atoms with E-state index in [-0.39, 0.29) is 11.9 Å². The molecular weight excluding hydrogens is 380 g/mol. The van der Waals surface area contributed by atoms with Gasteiger partial charge in [-0.3, -0.25) is 9.69 Å².